The van der Waals surface area contributed by atoms with Gasteiger partial charge in [0.2, 0.25) is 0 Å². The maximum atomic E-state index is 11.9. The number of aromatic nitrogens is 4. The Morgan fingerprint density at radius 1 is 1.05 bits per heavy atom. The highest BCUT2D eigenvalue weighted by Crippen LogP contribution is 2.18. The second kappa shape index (κ2) is 20.6. The molecule has 1 atom stereocenters. The minimum Gasteiger partial charge on any atom is -0.462 e. The summed E-state index contributed by atoms with van der Waals surface area (Å²) < 4.78 is 18.4. The third-order valence-electron chi connectivity index (χ3n) is 5.92. The largest absolute Gasteiger partial charge is 0.462 e. The average molecular weight is 610 g/mol. The molecular weight excluding hydrogens is 561 g/mol. The molecule has 11 heteroatoms. The molecule has 1 saturated heterocycles. The molecule has 0 bridgehead atoms. The number of aldehydes is 1. The number of fused-ring (bicyclic) bond motifs is 1. The molecule has 240 valence electrons. The fraction of sp³-hybridized carbons (Fsp3) is 0.424. The van der Waals surface area contributed by atoms with Gasteiger partial charge in [-0.15, -0.1) is 5.10 Å². The first-order valence-corrected chi connectivity index (χ1v) is 14.7. The molecule has 1 aliphatic heterocycles. The van der Waals surface area contributed by atoms with Gasteiger partial charge < -0.3 is 20.3 Å². The van der Waals surface area contributed by atoms with Crippen LogP contribution in [0, 0.1) is 12.7 Å². The number of aryl methyl sites for hydroxylation is 1. The van der Waals surface area contributed by atoms with Gasteiger partial charge in [0.15, 0.2) is 11.9 Å². The maximum absolute atomic E-state index is 11.9. The predicted octanol–water partition coefficient (Wildman–Crippen LogP) is 5.26. The van der Waals surface area contributed by atoms with E-state index >= 15 is 0 Å². The molecule has 0 saturated carbocycles. The van der Waals surface area contributed by atoms with E-state index in [0.29, 0.717) is 18.2 Å². The summed E-state index contributed by atoms with van der Waals surface area (Å²) in [6, 6.07) is 16.2. The van der Waals surface area contributed by atoms with Crippen molar-refractivity contribution < 1.29 is 18.7 Å². The summed E-state index contributed by atoms with van der Waals surface area (Å²) in [7, 11) is 3.88. The zero-order valence-electron chi connectivity index (χ0n) is 27.3. The van der Waals surface area contributed by atoms with Crippen molar-refractivity contribution >= 4 is 24.2 Å². The van der Waals surface area contributed by atoms with E-state index in [-0.39, 0.29) is 11.4 Å². The molecule has 0 unspecified atom stereocenters. The number of hydrogen-bond acceptors (Lipinski definition) is 9. The van der Waals surface area contributed by atoms with Crippen molar-refractivity contribution in [1.82, 2.24) is 30.2 Å². The van der Waals surface area contributed by atoms with Crippen molar-refractivity contribution in [3.05, 3.63) is 89.8 Å². The Kier molecular flexibility index (Phi) is 17.7. The van der Waals surface area contributed by atoms with Crippen molar-refractivity contribution in [1.29, 1.82) is 0 Å². The topological polar surface area (TPSA) is 114 Å². The molecule has 44 heavy (non-hydrogen) atoms. The van der Waals surface area contributed by atoms with E-state index in [1.165, 1.54) is 18.6 Å². The van der Waals surface area contributed by atoms with E-state index in [0.717, 1.165) is 48.6 Å². The first kappa shape index (κ1) is 37.8. The van der Waals surface area contributed by atoms with Crippen LogP contribution in [0.2, 0.25) is 0 Å². The molecule has 2 N–H and O–H groups in total. The van der Waals surface area contributed by atoms with E-state index in [1.807, 2.05) is 78.5 Å². The number of carbonyl (C=O) groups excluding carboxylic acids is 2. The molecule has 0 radical (unpaired) electrons. The molecule has 0 amide bonds. The Morgan fingerprint density at radius 3 is 2.25 bits per heavy atom. The van der Waals surface area contributed by atoms with Crippen LogP contribution in [0.5, 0.6) is 0 Å². The number of nitrogens with one attached hydrogen (secondary N) is 2. The molecule has 1 aromatic carbocycles. The second-order valence-electron chi connectivity index (χ2n) is 10.4. The Balaban J connectivity index is 0.000000311. The minimum atomic E-state index is -0.318. The SMILES string of the molecule is CC.CC(C)(C)OC=O.CNCc1ccnc(C=O)c1.CN[C@H]1CCN(c2ccc3ncc(C)n3n2)C1.Fc1ccccc1. The lowest BCUT2D eigenvalue weighted by Crippen LogP contribution is -2.30. The zero-order chi connectivity index (χ0) is 33.0. The molecular formula is C33H48FN7O3. The number of rotatable bonds is 6. The highest BCUT2D eigenvalue weighted by Gasteiger charge is 2.22. The maximum Gasteiger partial charge on any atom is 0.293 e. The predicted molar refractivity (Wildman–Crippen MR) is 174 cm³/mol. The highest BCUT2D eigenvalue weighted by atomic mass is 19.1. The number of imidazole rings is 1. The summed E-state index contributed by atoms with van der Waals surface area (Å²) >= 11 is 0. The standard InChI is InChI=1S/C12H17N5.C8H10N2O.C6H5F.C5H10O2.C2H6/c1-9-7-14-11-3-4-12(15-17(9)11)16-6-5-10(8-16)13-2;1-9-5-7-2-3-10-8(4-7)6-11;7-6-4-2-1-3-5-6;1-5(2,3)7-4-6;1-2/h3-4,7,10,13H,5-6,8H2,1-2H3;2-4,6,9H,5H2,1H3;1-5H;4H,1-3H3;1-2H3/t10-;;;;/m0..../s1. The van der Waals surface area contributed by atoms with Crippen LogP contribution in [-0.2, 0) is 16.1 Å². The van der Waals surface area contributed by atoms with Crippen molar-refractivity contribution in [3.8, 4) is 0 Å². The van der Waals surface area contributed by atoms with Gasteiger partial charge in [0.25, 0.3) is 6.47 Å². The van der Waals surface area contributed by atoms with Gasteiger partial charge in [-0.2, -0.15) is 0 Å². The summed E-state index contributed by atoms with van der Waals surface area (Å²) in [5.41, 5.74) is 3.23. The summed E-state index contributed by atoms with van der Waals surface area (Å²) in [6.45, 7) is 14.8. The van der Waals surface area contributed by atoms with E-state index in [9.17, 15) is 14.0 Å². The van der Waals surface area contributed by atoms with Crippen molar-refractivity contribution in [2.24, 2.45) is 0 Å². The minimum absolute atomic E-state index is 0.178. The summed E-state index contributed by atoms with van der Waals surface area (Å²) in [4.78, 5) is 30.3. The van der Waals surface area contributed by atoms with Crippen molar-refractivity contribution in [3.63, 3.8) is 0 Å². The third-order valence-corrected chi connectivity index (χ3v) is 5.92. The number of carbonyl (C=O) groups is 2. The molecule has 10 nitrogen and oxygen atoms in total. The number of pyridine rings is 1. The quantitative estimate of drug-likeness (QED) is 0.283. The van der Waals surface area contributed by atoms with Gasteiger partial charge in [-0.3, -0.25) is 14.6 Å². The lowest BCUT2D eigenvalue weighted by Gasteiger charge is -2.17. The molecule has 1 aliphatic rings. The number of hydrogen-bond donors (Lipinski definition) is 2. The van der Waals surface area contributed by atoms with E-state index in [4.69, 9.17) is 0 Å². The van der Waals surface area contributed by atoms with Gasteiger partial charge in [-0.05, 0) is 90.2 Å². The number of nitrogens with zero attached hydrogens (tertiary/aromatic N) is 5. The van der Waals surface area contributed by atoms with Crippen LogP contribution in [0.3, 0.4) is 0 Å². The molecule has 1 fully saturated rings. The Bertz CT molecular complexity index is 1360. The number of halogens is 1. The number of likely N-dealkylation sites (N-methyl/N-ethyl adjacent to an activating group) is 1. The molecule has 4 heterocycles. The highest BCUT2D eigenvalue weighted by molar-refractivity contribution is 5.71. The number of ether oxygens (including phenoxy) is 1. The van der Waals surface area contributed by atoms with Crippen molar-refractivity contribution in [2.45, 2.75) is 66.2 Å². The summed E-state index contributed by atoms with van der Waals surface area (Å²) in [6.07, 6.45) is 5.42. The molecule has 5 rings (SSSR count). The number of benzene rings is 1. The smallest absolute Gasteiger partial charge is 0.293 e. The lowest BCUT2D eigenvalue weighted by atomic mass is 10.2. The van der Waals surface area contributed by atoms with Crippen LogP contribution >= 0.6 is 0 Å². The number of anilines is 1. The molecule has 0 spiro atoms. The van der Waals surface area contributed by atoms with Crippen LogP contribution in [0.25, 0.3) is 5.65 Å². The van der Waals surface area contributed by atoms with Crippen LogP contribution in [-0.4, -0.2) is 71.2 Å². The van der Waals surface area contributed by atoms with Gasteiger partial charge in [0.1, 0.15) is 22.9 Å². The van der Waals surface area contributed by atoms with Gasteiger partial charge in [0.05, 0.1) is 11.9 Å². The van der Waals surface area contributed by atoms with Crippen molar-refractivity contribution in [2.75, 3.05) is 32.1 Å². The van der Waals surface area contributed by atoms with Crippen LogP contribution in [0.15, 0.2) is 67.0 Å². The fourth-order valence-corrected chi connectivity index (χ4v) is 3.78. The summed E-state index contributed by atoms with van der Waals surface area (Å²) in [5, 5.41) is 10.9. The normalized spacial score (nSPS) is 13.5. The van der Waals surface area contributed by atoms with Gasteiger partial charge >= 0.3 is 0 Å². The average Bonchev–Trinajstić information content (AvgIpc) is 3.66. The van der Waals surface area contributed by atoms with Crippen LogP contribution < -0.4 is 15.5 Å². The first-order chi connectivity index (χ1) is 21.1. The Labute approximate surface area is 261 Å². The molecule has 0 aliphatic carbocycles. The second-order valence-corrected chi connectivity index (χ2v) is 10.4. The lowest BCUT2D eigenvalue weighted by molar-refractivity contribution is -0.138. The Hall–Kier alpha value is -4.22. The first-order valence-electron chi connectivity index (χ1n) is 14.7. The van der Waals surface area contributed by atoms with E-state index in [2.05, 4.69) is 41.4 Å². The third kappa shape index (κ3) is 14.3. The molecule has 4 aromatic rings. The molecule has 3 aromatic heterocycles. The summed E-state index contributed by atoms with van der Waals surface area (Å²) in [5.74, 6) is 0.860. The van der Waals surface area contributed by atoms with Crippen LogP contribution in [0.4, 0.5) is 10.2 Å². The van der Waals surface area contributed by atoms with E-state index in [1.54, 1.807) is 30.5 Å². The fourth-order valence-electron chi connectivity index (χ4n) is 3.78. The van der Waals surface area contributed by atoms with Crippen LogP contribution in [0.1, 0.15) is 62.8 Å². The van der Waals surface area contributed by atoms with E-state index < -0.39 is 0 Å². The Morgan fingerprint density at radius 2 is 1.75 bits per heavy atom. The zero-order valence-corrected chi connectivity index (χ0v) is 27.3. The van der Waals surface area contributed by atoms with Gasteiger partial charge in [-0.1, -0.05) is 32.0 Å². The monoisotopic (exact) mass is 609 g/mol. The van der Waals surface area contributed by atoms with Gasteiger partial charge in [-0.25, -0.2) is 13.9 Å². The van der Waals surface area contributed by atoms with Gasteiger partial charge in [0, 0.05) is 31.9 Å².